The molecule has 0 aliphatic rings. The number of unbranched alkanes of at least 4 members (excludes halogenated alkanes) is 1. The van der Waals surface area contributed by atoms with Crippen molar-refractivity contribution >= 4 is 0 Å². The van der Waals surface area contributed by atoms with Gasteiger partial charge in [0.25, 0.3) is 0 Å². The molecule has 0 aromatic heterocycles. The van der Waals surface area contributed by atoms with Gasteiger partial charge in [0, 0.05) is 18.6 Å². The molecule has 0 spiro atoms. The highest BCUT2D eigenvalue weighted by Crippen LogP contribution is 2.14. The molecular weight excluding hydrogens is 260 g/mol. The van der Waals surface area contributed by atoms with Crippen molar-refractivity contribution < 1.29 is 4.74 Å². The van der Waals surface area contributed by atoms with Crippen LogP contribution in [0.1, 0.15) is 46.1 Å². The third kappa shape index (κ3) is 8.74. The first-order chi connectivity index (χ1) is 9.90. The zero-order chi connectivity index (χ0) is 15.7. The molecule has 0 aliphatic carbocycles. The van der Waals surface area contributed by atoms with Gasteiger partial charge in [0.05, 0.1) is 0 Å². The van der Waals surface area contributed by atoms with E-state index in [1.807, 2.05) is 6.07 Å². The fourth-order valence-electron chi connectivity index (χ4n) is 1.97. The van der Waals surface area contributed by atoms with Gasteiger partial charge in [0.15, 0.2) is 0 Å². The maximum absolute atomic E-state index is 5.86. The van der Waals surface area contributed by atoms with Crippen molar-refractivity contribution in [1.29, 1.82) is 0 Å². The first-order valence-electron chi connectivity index (χ1n) is 8.06. The maximum atomic E-state index is 5.86. The molecule has 0 fully saturated rings. The fourth-order valence-corrected chi connectivity index (χ4v) is 1.97. The van der Waals surface area contributed by atoms with E-state index in [9.17, 15) is 0 Å². The van der Waals surface area contributed by atoms with Gasteiger partial charge in [-0.3, -0.25) is 0 Å². The number of nitrogens with one attached hydrogen (secondary N) is 1. The number of nitrogens with zero attached hydrogens (tertiary/aromatic N) is 1. The summed E-state index contributed by atoms with van der Waals surface area (Å²) in [4.78, 5) is 2.33. The number of rotatable bonds is 9. The SMILES string of the molecule is CCCCN(C)CCOc1cccc(CNC(C)(C)C)c1. The van der Waals surface area contributed by atoms with Crippen molar-refractivity contribution in [3.63, 3.8) is 0 Å². The molecular formula is C18H32N2O. The van der Waals surface area contributed by atoms with Crippen molar-refractivity contribution in [2.75, 3.05) is 26.7 Å². The average Bonchev–Trinajstić information content (AvgIpc) is 2.43. The maximum Gasteiger partial charge on any atom is 0.119 e. The monoisotopic (exact) mass is 292 g/mol. The highest BCUT2D eigenvalue weighted by atomic mass is 16.5. The lowest BCUT2D eigenvalue weighted by molar-refractivity contribution is 0.235. The lowest BCUT2D eigenvalue weighted by atomic mass is 10.1. The quantitative estimate of drug-likeness (QED) is 0.751. The zero-order valence-electron chi connectivity index (χ0n) is 14.4. The van der Waals surface area contributed by atoms with Crippen molar-refractivity contribution in [2.45, 2.75) is 52.6 Å². The largest absolute Gasteiger partial charge is 0.492 e. The van der Waals surface area contributed by atoms with Crippen LogP contribution in [0.5, 0.6) is 5.75 Å². The van der Waals surface area contributed by atoms with E-state index in [2.05, 4.69) is 63.2 Å². The third-order valence-corrected chi connectivity index (χ3v) is 3.36. The number of hydrogen-bond acceptors (Lipinski definition) is 3. The van der Waals surface area contributed by atoms with E-state index in [1.54, 1.807) is 0 Å². The molecule has 3 nitrogen and oxygen atoms in total. The summed E-state index contributed by atoms with van der Waals surface area (Å²) >= 11 is 0. The Labute approximate surface area is 130 Å². The predicted octanol–water partition coefficient (Wildman–Crippen LogP) is 3.69. The minimum absolute atomic E-state index is 0.138. The number of ether oxygens (including phenoxy) is 1. The second-order valence-electron chi connectivity index (χ2n) is 6.76. The van der Waals surface area contributed by atoms with Crippen LogP contribution in [-0.2, 0) is 6.54 Å². The van der Waals surface area contributed by atoms with Crippen molar-refractivity contribution in [1.82, 2.24) is 10.2 Å². The first kappa shape index (κ1) is 18.0. The molecule has 120 valence electrons. The molecule has 0 saturated carbocycles. The predicted molar refractivity (Wildman–Crippen MR) is 90.9 cm³/mol. The lowest BCUT2D eigenvalue weighted by Crippen LogP contribution is -2.35. The van der Waals surface area contributed by atoms with Crippen molar-refractivity contribution in [2.24, 2.45) is 0 Å². The van der Waals surface area contributed by atoms with E-state index in [-0.39, 0.29) is 5.54 Å². The molecule has 0 amide bonds. The van der Waals surface area contributed by atoms with Crippen molar-refractivity contribution in [3.8, 4) is 5.75 Å². The number of hydrogen-bond donors (Lipinski definition) is 1. The minimum atomic E-state index is 0.138. The Balaban J connectivity index is 2.35. The molecule has 0 atom stereocenters. The van der Waals surface area contributed by atoms with E-state index in [4.69, 9.17) is 4.74 Å². The van der Waals surface area contributed by atoms with Crippen LogP contribution in [0.15, 0.2) is 24.3 Å². The molecule has 0 aliphatic heterocycles. The van der Waals surface area contributed by atoms with Gasteiger partial charge in [-0.15, -0.1) is 0 Å². The summed E-state index contributed by atoms with van der Waals surface area (Å²) < 4.78 is 5.86. The number of likely N-dealkylation sites (N-methyl/N-ethyl adjacent to an activating group) is 1. The second kappa shape index (κ2) is 9.06. The van der Waals surface area contributed by atoms with Crippen LogP contribution in [0, 0.1) is 0 Å². The van der Waals surface area contributed by atoms with Gasteiger partial charge in [-0.2, -0.15) is 0 Å². The van der Waals surface area contributed by atoms with Crippen LogP contribution in [0.3, 0.4) is 0 Å². The fraction of sp³-hybridized carbons (Fsp3) is 0.667. The summed E-state index contributed by atoms with van der Waals surface area (Å²) in [5.74, 6) is 0.965. The zero-order valence-corrected chi connectivity index (χ0v) is 14.4. The molecule has 1 rings (SSSR count). The normalized spacial score (nSPS) is 11.9. The van der Waals surface area contributed by atoms with E-state index < -0.39 is 0 Å². The highest BCUT2D eigenvalue weighted by molar-refractivity contribution is 5.28. The molecule has 0 bridgehead atoms. The Bertz CT molecular complexity index is 398. The lowest BCUT2D eigenvalue weighted by Gasteiger charge is -2.21. The Morgan fingerprint density at radius 1 is 1.19 bits per heavy atom. The summed E-state index contributed by atoms with van der Waals surface area (Å²) in [6.45, 7) is 12.5. The van der Waals surface area contributed by atoms with Gasteiger partial charge in [0.2, 0.25) is 0 Å². The van der Waals surface area contributed by atoms with E-state index in [0.29, 0.717) is 0 Å². The Kier molecular flexibility index (Phi) is 7.76. The molecule has 1 N–H and O–H groups in total. The minimum Gasteiger partial charge on any atom is -0.492 e. The van der Waals surface area contributed by atoms with Gasteiger partial charge in [0.1, 0.15) is 12.4 Å². The van der Waals surface area contributed by atoms with Crippen LogP contribution in [0.25, 0.3) is 0 Å². The van der Waals surface area contributed by atoms with Crippen molar-refractivity contribution in [3.05, 3.63) is 29.8 Å². The second-order valence-corrected chi connectivity index (χ2v) is 6.76. The molecule has 0 unspecified atom stereocenters. The van der Waals surface area contributed by atoms with Gasteiger partial charge >= 0.3 is 0 Å². The highest BCUT2D eigenvalue weighted by Gasteiger charge is 2.08. The third-order valence-electron chi connectivity index (χ3n) is 3.36. The van der Waals surface area contributed by atoms with Crippen LogP contribution in [-0.4, -0.2) is 37.2 Å². The van der Waals surface area contributed by atoms with Gasteiger partial charge in [-0.1, -0.05) is 25.5 Å². The van der Waals surface area contributed by atoms with Gasteiger partial charge < -0.3 is 15.0 Å². The van der Waals surface area contributed by atoms with Gasteiger partial charge in [-0.25, -0.2) is 0 Å². The molecule has 0 saturated heterocycles. The molecule has 0 radical (unpaired) electrons. The summed E-state index contributed by atoms with van der Waals surface area (Å²) in [5, 5.41) is 3.50. The molecule has 0 heterocycles. The standard InChI is InChI=1S/C18H32N2O/c1-6-7-11-20(5)12-13-21-17-10-8-9-16(14-17)15-19-18(2,3)4/h8-10,14,19H,6-7,11-13,15H2,1-5H3. The van der Waals surface area contributed by atoms with E-state index >= 15 is 0 Å². The number of benzene rings is 1. The Hall–Kier alpha value is -1.06. The summed E-state index contributed by atoms with van der Waals surface area (Å²) in [7, 11) is 2.16. The Morgan fingerprint density at radius 2 is 1.95 bits per heavy atom. The molecule has 1 aromatic carbocycles. The first-order valence-corrected chi connectivity index (χ1v) is 8.06. The topological polar surface area (TPSA) is 24.5 Å². The average molecular weight is 292 g/mol. The summed E-state index contributed by atoms with van der Waals surface area (Å²) in [6.07, 6.45) is 2.50. The van der Waals surface area contributed by atoms with Gasteiger partial charge in [-0.05, 0) is 58.5 Å². The smallest absolute Gasteiger partial charge is 0.119 e. The summed E-state index contributed by atoms with van der Waals surface area (Å²) in [5.41, 5.74) is 1.40. The van der Waals surface area contributed by atoms with Crippen LogP contribution < -0.4 is 10.1 Å². The van der Waals surface area contributed by atoms with Crippen LogP contribution in [0.2, 0.25) is 0 Å². The van der Waals surface area contributed by atoms with E-state index in [1.165, 1.54) is 18.4 Å². The van der Waals surface area contributed by atoms with Crippen LogP contribution >= 0.6 is 0 Å². The van der Waals surface area contributed by atoms with E-state index in [0.717, 1.165) is 32.0 Å². The molecule has 3 heteroatoms. The van der Waals surface area contributed by atoms with Crippen LogP contribution in [0.4, 0.5) is 0 Å². The molecule has 1 aromatic rings. The Morgan fingerprint density at radius 3 is 2.62 bits per heavy atom. The molecule has 21 heavy (non-hydrogen) atoms. The summed E-state index contributed by atoms with van der Waals surface area (Å²) in [6, 6.07) is 8.37.